The molecule has 0 atom stereocenters. The quantitative estimate of drug-likeness (QED) is 0.849. The third-order valence-electron chi connectivity index (χ3n) is 3.45. The zero-order valence-corrected chi connectivity index (χ0v) is 11.6. The Labute approximate surface area is 111 Å². The van der Waals surface area contributed by atoms with E-state index in [1.54, 1.807) is 4.68 Å². The van der Waals surface area contributed by atoms with Crippen molar-refractivity contribution in [2.45, 2.75) is 43.7 Å². The number of aryl methyl sites for hydroxylation is 1. The maximum absolute atomic E-state index is 10.6. The number of aromatic nitrogens is 3. The van der Waals surface area contributed by atoms with Crippen LogP contribution in [-0.2, 0) is 11.8 Å². The molecular formula is C12H19N3O2S. The molecule has 1 fully saturated rings. The number of hydrogen-bond donors (Lipinski definition) is 1. The van der Waals surface area contributed by atoms with Crippen LogP contribution in [0.15, 0.2) is 5.16 Å². The highest BCUT2D eigenvalue weighted by Gasteiger charge is 2.24. The van der Waals surface area contributed by atoms with Crippen molar-refractivity contribution in [3.8, 4) is 0 Å². The molecular weight excluding hydrogens is 250 g/mol. The van der Waals surface area contributed by atoms with Gasteiger partial charge in [-0.25, -0.2) is 9.67 Å². The fourth-order valence-electron chi connectivity index (χ4n) is 2.33. The first kappa shape index (κ1) is 13.4. The minimum atomic E-state index is -0.823. The Balaban J connectivity index is 2.01. The maximum Gasteiger partial charge on any atom is 0.313 e. The largest absolute Gasteiger partial charge is 0.481 e. The van der Waals surface area contributed by atoms with Gasteiger partial charge in [-0.2, -0.15) is 5.10 Å². The maximum atomic E-state index is 10.6. The Morgan fingerprint density at radius 2 is 2.11 bits per heavy atom. The van der Waals surface area contributed by atoms with Crippen molar-refractivity contribution in [3.05, 3.63) is 5.82 Å². The minimum Gasteiger partial charge on any atom is -0.481 e. The van der Waals surface area contributed by atoms with Crippen LogP contribution in [0.3, 0.4) is 0 Å². The number of hydrogen-bond acceptors (Lipinski definition) is 4. The summed E-state index contributed by atoms with van der Waals surface area (Å²) in [5, 5.41) is 13.8. The van der Waals surface area contributed by atoms with Crippen LogP contribution in [0.1, 0.15) is 44.3 Å². The number of aliphatic carboxylic acids is 1. The molecule has 6 heteroatoms. The van der Waals surface area contributed by atoms with Gasteiger partial charge in [0.15, 0.2) is 11.0 Å². The van der Waals surface area contributed by atoms with Crippen molar-refractivity contribution in [2.24, 2.45) is 13.0 Å². The number of carboxylic acids is 1. The van der Waals surface area contributed by atoms with Crippen molar-refractivity contribution in [1.82, 2.24) is 14.8 Å². The van der Waals surface area contributed by atoms with Crippen LogP contribution in [0.5, 0.6) is 0 Å². The van der Waals surface area contributed by atoms with E-state index in [0.29, 0.717) is 11.1 Å². The molecule has 1 aliphatic carbocycles. The molecule has 1 aromatic rings. The molecule has 0 aromatic carbocycles. The highest BCUT2D eigenvalue weighted by molar-refractivity contribution is 7.99. The zero-order chi connectivity index (χ0) is 13.1. The monoisotopic (exact) mass is 269 g/mol. The summed E-state index contributed by atoms with van der Waals surface area (Å²) in [4.78, 5) is 15.0. The molecule has 1 aliphatic rings. The molecule has 5 nitrogen and oxygen atoms in total. The van der Waals surface area contributed by atoms with Gasteiger partial charge in [0.25, 0.3) is 0 Å². The van der Waals surface area contributed by atoms with Crippen LogP contribution in [0.25, 0.3) is 0 Å². The van der Waals surface area contributed by atoms with Gasteiger partial charge >= 0.3 is 5.97 Å². The van der Waals surface area contributed by atoms with Gasteiger partial charge in [0.2, 0.25) is 0 Å². The first-order valence-electron chi connectivity index (χ1n) is 6.31. The molecule has 2 rings (SSSR count). The second-order valence-corrected chi connectivity index (χ2v) is 5.96. The van der Waals surface area contributed by atoms with E-state index in [0.717, 1.165) is 24.6 Å². The molecule has 1 saturated carbocycles. The molecule has 100 valence electrons. The average molecular weight is 269 g/mol. The van der Waals surface area contributed by atoms with E-state index in [1.165, 1.54) is 24.6 Å². The molecule has 0 unspecified atom stereocenters. The molecule has 0 spiro atoms. The van der Waals surface area contributed by atoms with Gasteiger partial charge in [-0.05, 0) is 18.8 Å². The first-order valence-corrected chi connectivity index (χ1v) is 7.30. The first-order chi connectivity index (χ1) is 8.56. The summed E-state index contributed by atoms with van der Waals surface area (Å²) in [6.45, 7) is 2.29. The van der Waals surface area contributed by atoms with Gasteiger partial charge < -0.3 is 5.11 Å². The standard InChI is InChI=1S/C12H19N3O2S/c1-8-3-5-9(6-4-8)11-13-12(15(2)14-11)18-7-10(16)17/h8-9H,3-7H2,1-2H3,(H,16,17). The van der Waals surface area contributed by atoms with Crippen molar-refractivity contribution in [3.63, 3.8) is 0 Å². The van der Waals surface area contributed by atoms with Gasteiger partial charge in [-0.1, -0.05) is 31.5 Å². The van der Waals surface area contributed by atoms with Crippen LogP contribution in [0, 0.1) is 5.92 Å². The van der Waals surface area contributed by atoms with Gasteiger partial charge in [0.05, 0.1) is 5.75 Å². The van der Waals surface area contributed by atoms with E-state index in [1.807, 2.05) is 7.05 Å². The van der Waals surface area contributed by atoms with Gasteiger partial charge in [-0.15, -0.1) is 0 Å². The van der Waals surface area contributed by atoms with E-state index < -0.39 is 5.97 Å². The normalized spacial score (nSPS) is 24.1. The molecule has 1 heterocycles. The van der Waals surface area contributed by atoms with Gasteiger partial charge in [-0.3, -0.25) is 4.79 Å². The van der Waals surface area contributed by atoms with E-state index in [4.69, 9.17) is 5.11 Å². The third-order valence-corrected chi connectivity index (χ3v) is 4.45. The number of carboxylic acid groups (broad SMARTS) is 1. The lowest BCUT2D eigenvalue weighted by molar-refractivity contribution is -0.133. The van der Waals surface area contributed by atoms with Crippen LogP contribution in [0.2, 0.25) is 0 Å². The number of thioether (sulfide) groups is 1. The lowest BCUT2D eigenvalue weighted by atomic mass is 9.83. The topological polar surface area (TPSA) is 68.0 Å². The Kier molecular flexibility index (Phi) is 4.27. The second-order valence-electron chi connectivity index (χ2n) is 5.02. The number of rotatable bonds is 4. The van der Waals surface area contributed by atoms with E-state index in [2.05, 4.69) is 17.0 Å². The predicted molar refractivity (Wildman–Crippen MR) is 69.7 cm³/mol. The number of nitrogens with zero attached hydrogens (tertiary/aromatic N) is 3. The molecule has 1 aromatic heterocycles. The Hall–Kier alpha value is -1.04. The Bertz CT molecular complexity index is 425. The van der Waals surface area contributed by atoms with E-state index >= 15 is 0 Å². The summed E-state index contributed by atoms with van der Waals surface area (Å²) in [5.41, 5.74) is 0. The highest BCUT2D eigenvalue weighted by Crippen LogP contribution is 2.34. The fraction of sp³-hybridized carbons (Fsp3) is 0.750. The van der Waals surface area contributed by atoms with Crippen LogP contribution in [0.4, 0.5) is 0 Å². The second kappa shape index (κ2) is 5.73. The third kappa shape index (κ3) is 3.25. The highest BCUT2D eigenvalue weighted by atomic mass is 32.2. The van der Waals surface area contributed by atoms with Crippen LogP contribution >= 0.6 is 11.8 Å². The number of carbonyl (C=O) groups is 1. The van der Waals surface area contributed by atoms with Crippen LogP contribution < -0.4 is 0 Å². The average Bonchev–Trinajstić information content (AvgIpc) is 2.69. The summed E-state index contributed by atoms with van der Waals surface area (Å²) in [6, 6.07) is 0. The summed E-state index contributed by atoms with van der Waals surface area (Å²) in [5.74, 6) is 1.36. The predicted octanol–water partition coefficient (Wildman–Crippen LogP) is 2.29. The smallest absolute Gasteiger partial charge is 0.313 e. The SMILES string of the molecule is CC1CCC(c2nc(SCC(=O)O)n(C)n2)CC1. The zero-order valence-electron chi connectivity index (χ0n) is 10.8. The lowest BCUT2D eigenvalue weighted by Crippen LogP contribution is -2.12. The molecule has 1 N–H and O–H groups in total. The van der Waals surface area contributed by atoms with E-state index in [-0.39, 0.29) is 5.75 Å². The van der Waals surface area contributed by atoms with Gasteiger partial charge in [0, 0.05) is 13.0 Å². The van der Waals surface area contributed by atoms with Crippen molar-refractivity contribution in [2.75, 3.05) is 5.75 Å². The fourth-order valence-corrected chi connectivity index (χ4v) is 2.97. The lowest BCUT2D eigenvalue weighted by Gasteiger charge is -2.23. The molecule has 0 bridgehead atoms. The van der Waals surface area contributed by atoms with Gasteiger partial charge in [0.1, 0.15) is 0 Å². The molecule has 18 heavy (non-hydrogen) atoms. The summed E-state index contributed by atoms with van der Waals surface area (Å²) >= 11 is 1.23. The minimum absolute atomic E-state index is 0.0354. The summed E-state index contributed by atoms with van der Waals surface area (Å²) in [7, 11) is 1.83. The Morgan fingerprint density at radius 3 is 2.72 bits per heavy atom. The van der Waals surface area contributed by atoms with E-state index in [9.17, 15) is 4.79 Å². The summed E-state index contributed by atoms with van der Waals surface area (Å²) in [6.07, 6.45) is 4.77. The van der Waals surface area contributed by atoms with Crippen molar-refractivity contribution < 1.29 is 9.90 Å². The molecule has 0 saturated heterocycles. The van der Waals surface area contributed by atoms with Crippen molar-refractivity contribution >= 4 is 17.7 Å². The molecule has 0 aliphatic heterocycles. The molecule has 0 amide bonds. The van der Waals surface area contributed by atoms with Crippen LogP contribution in [-0.4, -0.2) is 31.6 Å². The van der Waals surface area contributed by atoms with Crippen molar-refractivity contribution in [1.29, 1.82) is 0 Å². The molecule has 0 radical (unpaired) electrons. The Morgan fingerprint density at radius 1 is 1.44 bits per heavy atom. The summed E-state index contributed by atoms with van der Waals surface area (Å²) < 4.78 is 1.70.